The molecule has 1 aliphatic rings. The van der Waals surface area contributed by atoms with Gasteiger partial charge in [-0.15, -0.1) is 0 Å². The normalized spacial score (nSPS) is 14.5. The fourth-order valence-electron chi connectivity index (χ4n) is 6.23. The lowest BCUT2D eigenvalue weighted by Crippen LogP contribution is -2.23. The van der Waals surface area contributed by atoms with Crippen molar-refractivity contribution in [3.05, 3.63) is 65.5 Å². The van der Waals surface area contributed by atoms with Gasteiger partial charge >= 0.3 is 5.69 Å². The molecular weight excluding hydrogens is 521 g/mol. The highest BCUT2D eigenvalue weighted by Crippen LogP contribution is 2.36. The Kier molecular flexibility index (Phi) is 5.84. The summed E-state index contributed by atoms with van der Waals surface area (Å²) < 4.78 is 24.6. The number of hydrogen-bond acceptors (Lipinski definition) is 5. The van der Waals surface area contributed by atoms with Gasteiger partial charge < -0.3 is 9.88 Å². The first-order chi connectivity index (χ1) is 19.8. The zero-order chi connectivity index (χ0) is 28.4. The second kappa shape index (κ2) is 9.46. The molecule has 210 valence electrons. The molecule has 1 aliphatic carbocycles. The Morgan fingerprint density at radius 1 is 0.951 bits per heavy atom. The Morgan fingerprint density at radius 3 is 2.46 bits per heavy atom. The van der Waals surface area contributed by atoms with E-state index in [2.05, 4.69) is 21.5 Å². The molecular formula is C30H32FN9O. The van der Waals surface area contributed by atoms with Crippen molar-refractivity contribution < 1.29 is 4.39 Å². The Morgan fingerprint density at radius 2 is 1.76 bits per heavy atom. The fourth-order valence-corrected chi connectivity index (χ4v) is 6.23. The third-order valence-corrected chi connectivity index (χ3v) is 8.37. The van der Waals surface area contributed by atoms with E-state index in [1.54, 1.807) is 65.9 Å². The number of nitrogens with zero attached hydrogens (tertiary/aromatic N) is 8. The molecule has 0 spiro atoms. The van der Waals surface area contributed by atoms with Crippen molar-refractivity contribution in [1.29, 1.82) is 0 Å². The Labute approximate surface area is 235 Å². The first kappa shape index (κ1) is 25.3. The second-order valence-corrected chi connectivity index (χ2v) is 11.1. The van der Waals surface area contributed by atoms with Gasteiger partial charge in [0.05, 0.1) is 52.2 Å². The van der Waals surface area contributed by atoms with Crippen LogP contribution in [0.15, 0.2) is 54.0 Å². The molecule has 6 aromatic rings. The molecule has 4 heterocycles. The van der Waals surface area contributed by atoms with E-state index in [1.165, 1.54) is 25.3 Å². The molecule has 0 radical (unpaired) electrons. The van der Waals surface area contributed by atoms with E-state index < -0.39 is 0 Å². The van der Waals surface area contributed by atoms with Crippen molar-refractivity contribution in [2.75, 3.05) is 5.32 Å². The molecule has 41 heavy (non-hydrogen) atoms. The number of benzene rings is 2. The van der Waals surface area contributed by atoms with E-state index in [1.807, 2.05) is 22.2 Å². The van der Waals surface area contributed by atoms with E-state index >= 15 is 4.39 Å². The van der Waals surface area contributed by atoms with Crippen LogP contribution in [0.25, 0.3) is 50.4 Å². The number of rotatable bonds is 5. The maximum atomic E-state index is 15.7. The molecule has 4 aromatic heterocycles. The molecule has 0 bridgehead atoms. The standard InChI is InChI=1S/C30H32FN9O/c1-36-17-32-15-27(36)29-35-23-12-21(18-14-33-37(2)16-18)22(31)13-25(23)40(29)20-10-24(34-19-8-6-5-7-9-19)28-26(11-20)38(3)30(41)39(28)4/h10-17,19,34H,5-9H2,1-4H3. The van der Waals surface area contributed by atoms with Gasteiger partial charge in [0.15, 0.2) is 5.82 Å². The average molecular weight is 554 g/mol. The van der Waals surface area contributed by atoms with Crippen LogP contribution in [-0.4, -0.2) is 44.1 Å². The predicted molar refractivity (Wildman–Crippen MR) is 158 cm³/mol. The lowest BCUT2D eigenvalue weighted by molar-refractivity contribution is 0.463. The van der Waals surface area contributed by atoms with Crippen molar-refractivity contribution in [2.45, 2.75) is 38.1 Å². The van der Waals surface area contributed by atoms with E-state index in [9.17, 15) is 4.79 Å². The molecule has 7 rings (SSSR count). The summed E-state index contributed by atoms with van der Waals surface area (Å²) in [5.41, 5.74) is 6.38. The predicted octanol–water partition coefficient (Wildman–Crippen LogP) is 4.90. The maximum absolute atomic E-state index is 15.7. The van der Waals surface area contributed by atoms with Gasteiger partial charge in [-0.05, 0) is 31.0 Å². The number of aromatic nitrogens is 8. The monoisotopic (exact) mass is 553 g/mol. The average Bonchev–Trinajstić information content (AvgIpc) is 3.72. The van der Waals surface area contributed by atoms with Crippen LogP contribution >= 0.6 is 0 Å². The first-order valence-corrected chi connectivity index (χ1v) is 13.9. The molecule has 1 saturated carbocycles. The maximum Gasteiger partial charge on any atom is 0.328 e. The zero-order valence-corrected chi connectivity index (χ0v) is 23.6. The first-order valence-electron chi connectivity index (χ1n) is 13.9. The molecule has 0 saturated heterocycles. The van der Waals surface area contributed by atoms with Crippen LogP contribution in [0, 0.1) is 5.82 Å². The van der Waals surface area contributed by atoms with Crippen LogP contribution in [0.3, 0.4) is 0 Å². The Hall–Kier alpha value is -4.67. The van der Waals surface area contributed by atoms with E-state index in [-0.39, 0.29) is 11.5 Å². The summed E-state index contributed by atoms with van der Waals surface area (Å²) in [6, 6.07) is 7.68. The van der Waals surface area contributed by atoms with Crippen molar-refractivity contribution in [1.82, 2.24) is 38.0 Å². The molecule has 0 aliphatic heterocycles. The summed E-state index contributed by atoms with van der Waals surface area (Å²) in [5, 5.41) is 7.97. The quantitative estimate of drug-likeness (QED) is 0.328. The van der Waals surface area contributed by atoms with Gasteiger partial charge in [0.1, 0.15) is 11.5 Å². The highest BCUT2D eigenvalue weighted by Gasteiger charge is 2.23. The molecule has 0 atom stereocenters. The molecule has 0 unspecified atom stereocenters. The number of anilines is 1. The molecule has 1 fully saturated rings. The summed E-state index contributed by atoms with van der Waals surface area (Å²) in [7, 11) is 7.31. The number of nitrogens with one attached hydrogen (secondary N) is 1. The molecule has 1 N–H and O–H groups in total. The van der Waals surface area contributed by atoms with Crippen LogP contribution in [0.2, 0.25) is 0 Å². The van der Waals surface area contributed by atoms with Crippen LogP contribution in [-0.2, 0) is 28.2 Å². The van der Waals surface area contributed by atoms with Crippen LogP contribution < -0.4 is 11.0 Å². The fraction of sp³-hybridized carbons (Fsp3) is 0.333. The molecule has 11 heteroatoms. The van der Waals surface area contributed by atoms with Crippen molar-refractivity contribution in [2.24, 2.45) is 28.2 Å². The molecule has 2 aromatic carbocycles. The summed E-state index contributed by atoms with van der Waals surface area (Å²) >= 11 is 0. The van der Waals surface area contributed by atoms with Gasteiger partial charge in [-0.2, -0.15) is 5.10 Å². The van der Waals surface area contributed by atoms with Crippen molar-refractivity contribution in [3.8, 4) is 28.3 Å². The summed E-state index contributed by atoms with van der Waals surface area (Å²) in [6.07, 6.45) is 12.7. The van der Waals surface area contributed by atoms with Gasteiger partial charge in [-0.25, -0.2) is 19.2 Å². The van der Waals surface area contributed by atoms with E-state index in [4.69, 9.17) is 4.98 Å². The van der Waals surface area contributed by atoms with E-state index in [0.717, 1.165) is 40.9 Å². The number of hydrogen-bond donors (Lipinski definition) is 1. The Balaban J connectivity index is 1.51. The van der Waals surface area contributed by atoms with Gasteiger partial charge in [-0.3, -0.25) is 18.4 Å². The van der Waals surface area contributed by atoms with Crippen LogP contribution in [0.5, 0.6) is 0 Å². The highest BCUT2D eigenvalue weighted by atomic mass is 19.1. The van der Waals surface area contributed by atoms with Crippen molar-refractivity contribution >= 4 is 27.8 Å². The largest absolute Gasteiger partial charge is 0.381 e. The smallest absolute Gasteiger partial charge is 0.328 e. The topological polar surface area (TPSA) is 92.4 Å². The number of fused-ring (bicyclic) bond motifs is 2. The molecule has 10 nitrogen and oxygen atoms in total. The zero-order valence-electron chi connectivity index (χ0n) is 23.6. The highest BCUT2D eigenvalue weighted by molar-refractivity contribution is 5.94. The summed E-state index contributed by atoms with van der Waals surface area (Å²) in [6.45, 7) is 0. The minimum Gasteiger partial charge on any atom is -0.381 e. The molecule has 0 amide bonds. The third-order valence-electron chi connectivity index (χ3n) is 8.37. The van der Waals surface area contributed by atoms with Crippen LogP contribution in [0.4, 0.5) is 10.1 Å². The van der Waals surface area contributed by atoms with E-state index in [0.29, 0.717) is 34.0 Å². The summed E-state index contributed by atoms with van der Waals surface area (Å²) in [4.78, 5) is 22.4. The SMILES string of the molecule is Cn1cc(-c2cc3nc(-c4cncn4C)n(-c4cc(NC5CCCCC5)c5c(c4)n(C)c(=O)n5C)c3cc2F)cn1. The van der Waals surface area contributed by atoms with Gasteiger partial charge in [0.2, 0.25) is 0 Å². The second-order valence-electron chi connectivity index (χ2n) is 11.1. The number of imidazole rings is 3. The number of aryl methyl sites for hydroxylation is 4. The Bertz CT molecular complexity index is 2000. The van der Waals surface area contributed by atoms with Crippen LogP contribution in [0.1, 0.15) is 32.1 Å². The minimum absolute atomic E-state index is 0.0988. The number of halogens is 1. The third kappa shape index (κ3) is 4.06. The lowest BCUT2D eigenvalue weighted by atomic mass is 9.95. The van der Waals surface area contributed by atoms with Gasteiger partial charge in [0, 0.05) is 57.6 Å². The van der Waals surface area contributed by atoms with Gasteiger partial charge in [-0.1, -0.05) is 19.3 Å². The van der Waals surface area contributed by atoms with Gasteiger partial charge in [0.25, 0.3) is 0 Å². The van der Waals surface area contributed by atoms with Crippen molar-refractivity contribution in [3.63, 3.8) is 0 Å². The summed E-state index contributed by atoms with van der Waals surface area (Å²) in [5.74, 6) is 0.267. The minimum atomic E-state index is -0.364. The lowest BCUT2D eigenvalue weighted by Gasteiger charge is -2.25.